The monoisotopic (exact) mass is 244 g/mol. The highest BCUT2D eigenvalue weighted by atomic mass is 16.5. The fraction of sp³-hybridized carbons (Fsp3) is 0.286. The van der Waals surface area contributed by atoms with Crippen LogP contribution < -0.4 is 4.74 Å². The maximum absolute atomic E-state index is 12.0. The number of ether oxygens (including phenoxy) is 1. The van der Waals surface area contributed by atoms with Crippen molar-refractivity contribution in [3.05, 3.63) is 48.0 Å². The maximum atomic E-state index is 12.0. The summed E-state index contributed by atoms with van der Waals surface area (Å²) < 4.78 is 7.03. The number of hydrogen-bond acceptors (Lipinski definition) is 3. The van der Waals surface area contributed by atoms with Gasteiger partial charge in [0.15, 0.2) is 5.78 Å². The van der Waals surface area contributed by atoms with E-state index in [0.29, 0.717) is 18.5 Å². The van der Waals surface area contributed by atoms with Gasteiger partial charge in [0.2, 0.25) is 0 Å². The molecule has 1 heterocycles. The van der Waals surface area contributed by atoms with Crippen LogP contribution in [0.4, 0.5) is 0 Å². The summed E-state index contributed by atoms with van der Waals surface area (Å²) >= 11 is 0. The molecule has 2 rings (SSSR count). The van der Waals surface area contributed by atoms with E-state index in [-0.39, 0.29) is 5.78 Å². The largest absolute Gasteiger partial charge is 0.497 e. The first kappa shape index (κ1) is 12.4. The van der Waals surface area contributed by atoms with Gasteiger partial charge in [0, 0.05) is 30.9 Å². The normalized spacial score (nSPS) is 10.3. The van der Waals surface area contributed by atoms with Gasteiger partial charge in [0.05, 0.1) is 7.11 Å². The number of methoxy groups -OCH3 is 1. The van der Waals surface area contributed by atoms with Crippen molar-refractivity contribution in [3.63, 3.8) is 0 Å². The first-order chi connectivity index (χ1) is 8.70. The van der Waals surface area contributed by atoms with Crippen molar-refractivity contribution >= 4 is 5.78 Å². The molecule has 0 fully saturated rings. The number of carbonyl (C=O) groups is 1. The van der Waals surface area contributed by atoms with Crippen LogP contribution in [0.25, 0.3) is 0 Å². The molecule has 0 aliphatic rings. The topological polar surface area (TPSA) is 44.1 Å². The molecule has 18 heavy (non-hydrogen) atoms. The summed E-state index contributed by atoms with van der Waals surface area (Å²) in [5.74, 6) is 1.82. The van der Waals surface area contributed by atoms with E-state index in [1.807, 2.05) is 17.7 Å². The highest BCUT2D eigenvalue weighted by Gasteiger charge is 2.07. The Morgan fingerprint density at radius 3 is 2.61 bits per heavy atom. The van der Waals surface area contributed by atoms with Gasteiger partial charge in [-0.05, 0) is 31.2 Å². The first-order valence-corrected chi connectivity index (χ1v) is 5.85. The Kier molecular flexibility index (Phi) is 3.77. The summed E-state index contributed by atoms with van der Waals surface area (Å²) in [7, 11) is 1.61. The zero-order valence-electron chi connectivity index (χ0n) is 10.6. The fourth-order valence-corrected chi connectivity index (χ4v) is 1.78. The molecule has 0 amide bonds. The molecule has 0 radical (unpaired) electrons. The lowest BCUT2D eigenvalue weighted by Crippen LogP contribution is -2.06. The summed E-state index contributed by atoms with van der Waals surface area (Å²) in [5.41, 5.74) is 0.716. The zero-order chi connectivity index (χ0) is 13.0. The number of aryl methyl sites for hydroxylation is 2. The van der Waals surface area contributed by atoms with Gasteiger partial charge in [-0.3, -0.25) is 4.79 Å². The second kappa shape index (κ2) is 5.49. The van der Waals surface area contributed by atoms with E-state index in [1.54, 1.807) is 37.6 Å². The van der Waals surface area contributed by atoms with Crippen LogP contribution in [0.15, 0.2) is 36.7 Å². The van der Waals surface area contributed by atoms with Gasteiger partial charge >= 0.3 is 0 Å². The molecule has 0 saturated carbocycles. The Morgan fingerprint density at radius 1 is 1.33 bits per heavy atom. The van der Waals surface area contributed by atoms with E-state index >= 15 is 0 Å². The van der Waals surface area contributed by atoms with E-state index in [2.05, 4.69) is 4.98 Å². The molecule has 0 unspecified atom stereocenters. The average Bonchev–Trinajstić information content (AvgIpc) is 2.81. The number of rotatable bonds is 5. The Bertz CT molecular complexity index is 529. The standard InChI is InChI=1S/C14H16N2O2/c1-11-15-8-10-16(11)9-7-14(17)12-3-5-13(18-2)6-4-12/h3-6,8,10H,7,9H2,1-2H3. The summed E-state index contributed by atoms with van der Waals surface area (Å²) in [6.45, 7) is 2.59. The van der Waals surface area contributed by atoms with Gasteiger partial charge in [0.1, 0.15) is 11.6 Å². The lowest BCUT2D eigenvalue weighted by molar-refractivity contribution is 0.0977. The number of nitrogens with zero attached hydrogens (tertiary/aromatic N) is 2. The summed E-state index contributed by atoms with van der Waals surface area (Å²) in [6, 6.07) is 7.19. The average molecular weight is 244 g/mol. The second-order valence-corrected chi connectivity index (χ2v) is 4.07. The third-order valence-electron chi connectivity index (χ3n) is 2.92. The van der Waals surface area contributed by atoms with Gasteiger partial charge in [-0.2, -0.15) is 0 Å². The second-order valence-electron chi connectivity index (χ2n) is 4.07. The zero-order valence-corrected chi connectivity index (χ0v) is 10.6. The van der Waals surface area contributed by atoms with E-state index in [4.69, 9.17) is 4.74 Å². The van der Waals surface area contributed by atoms with Gasteiger partial charge in [-0.15, -0.1) is 0 Å². The van der Waals surface area contributed by atoms with Crippen molar-refractivity contribution in [1.82, 2.24) is 9.55 Å². The van der Waals surface area contributed by atoms with Crippen molar-refractivity contribution in [1.29, 1.82) is 0 Å². The van der Waals surface area contributed by atoms with Crippen LogP contribution >= 0.6 is 0 Å². The minimum absolute atomic E-state index is 0.130. The molecule has 0 spiro atoms. The number of imidazole rings is 1. The van der Waals surface area contributed by atoms with E-state index < -0.39 is 0 Å². The number of aromatic nitrogens is 2. The van der Waals surface area contributed by atoms with Crippen LogP contribution in [0.1, 0.15) is 22.6 Å². The molecular weight excluding hydrogens is 228 g/mol. The minimum Gasteiger partial charge on any atom is -0.497 e. The van der Waals surface area contributed by atoms with Gasteiger partial charge in [-0.25, -0.2) is 4.98 Å². The molecule has 0 atom stereocenters. The van der Waals surface area contributed by atoms with Crippen molar-refractivity contribution in [2.24, 2.45) is 0 Å². The van der Waals surface area contributed by atoms with Crippen LogP contribution in [-0.4, -0.2) is 22.4 Å². The van der Waals surface area contributed by atoms with Crippen LogP contribution in [-0.2, 0) is 6.54 Å². The molecule has 0 saturated heterocycles. The smallest absolute Gasteiger partial charge is 0.164 e. The molecule has 1 aromatic heterocycles. The third-order valence-corrected chi connectivity index (χ3v) is 2.92. The Labute approximate surface area is 106 Å². The van der Waals surface area contributed by atoms with Crippen LogP contribution in [0.2, 0.25) is 0 Å². The molecule has 4 nitrogen and oxygen atoms in total. The van der Waals surface area contributed by atoms with Crippen molar-refractivity contribution in [2.75, 3.05) is 7.11 Å². The van der Waals surface area contributed by atoms with Gasteiger partial charge < -0.3 is 9.30 Å². The molecule has 0 N–H and O–H groups in total. The van der Waals surface area contributed by atoms with Crippen molar-refractivity contribution in [2.45, 2.75) is 19.9 Å². The van der Waals surface area contributed by atoms with Crippen molar-refractivity contribution < 1.29 is 9.53 Å². The van der Waals surface area contributed by atoms with Crippen molar-refractivity contribution in [3.8, 4) is 5.75 Å². The highest BCUT2D eigenvalue weighted by Crippen LogP contribution is 2.13. The van der Waals surface area contributed by atoms with Gasteiger partial charge in [0.25, 0.3) is 0 Å². The number of carbonyl (C=O) groups excluding carboxylic acids is 1. The quantitative estimate of drug-likeness (QED) is 0.759. The minimum atomic E-state index is 0.130. The molecular formula is C14H16N2O2. The van der Waals surface area contributed by atoms with Crippen LogP contribution in [0.5, 0.6) is 5.75 Å². The summed E-state index contributed by atoms with van der Waals surface area (Å²) in [6.07, 6.45) is 4.10. The lowest BCUT2D eigenvalue weighted by Gasteiger charge is -2.05. The predicted octanol–water partition coefficient (Wildman–Crippen LogP) is 2.47. The predicted molar refractivity (Wildman–Crippen MR) is 68.9 cm³/mol. The van der Waals surface area contributed by atoms with E-state index in [1.165, 1.54) is 0 Å². The SMILES string of the molecule is COc1ccc(C(=O)CCn2ccnc2C)cc1. The molecule has 2 aromatic rings. The third kappa shape index (κ3) is 2.77. The van der Waals surface area contributed by atoms with Gasteiger partial charge in [-0.1, -0.05) is 0 Å². The number of ketones is 1. The molecule has 0 aliphatic carbocycles. The molecule has 1 aromatic carbocycles. The highest BCUT2D eigenvalue weighted by molar-refractivity contribution is 5.96. The van der Waals surface area contributed by atoms with E-state index in [9.17, 15) is 4.79 Å². The lowest BCUT2D eigenvalue weighted by atomic mass is 10.1. The summed E-state index contributed by atoms with van der Waals surface area (Å²) in [5, 5.41) is 0. The fourth-order valence-electron chi connectivity index (χ4n) is 1.78. The first-order valence-electron chi connectivity index (χ1n) is 5.85. The molecule has 0 aliphatic heterocycles. The number of hydrogen-bond donors (Lipinski definition) is 0. The number of benzene rings is 1. The Morgan fingerprint density at radius 2 is 2.06 bits per heavy atom. The maximum Gasteiger partial charge on any atom is 0.164 e. The Hall–Kier alpha value is -2.10. The number of Topliss-reactive ketones (excluding diaryl/α,β-unsaturated/α-hetero) is 1. The molecule has 94 valence electrons. The molecule has 4 heteroatoms. The Balaban J connectivity index is 1.97. The summed E-state index contributed by atoms with van der Waals surface area (Å²) in [4.78, 5) is 16.1. The molecule has 0 bridgehead atoms. The van der Waals surface area contributed by atoms with E-state index in [0.717, 1.165) is 11.6 Å². The van der Waals surface area contributed by atoms with Crippen LogP contribution in [0.3, 0.4) is 0 Å². The van der Waals surface area contributed by atoms with Crippen LogP contribution in [0, 0.1) is 6.92 Å².